The number of nitrogens with one attached hydrogen (secondary N) is 1. The fourth-order valence-corrected chi connectivity index (χ4v) is 1.42. The van der Waals surface area contributed by atoms with Crippen molar-refractivity contribution in [2.24, 2.45) is 4.99 Å². The molecule has 0 atom stereocenters. The van der Waals surface area contributed by atoms with Crippen LogP contribution in [-0.4, -0.2) is 39.3 Å². The number of benzene rings is 1. The molecular formula is C12H15ClN2O3. The van der Waals surface area contributed by atoms with Gasteiger partial charge in [0.05, 0.1) is 30.8 Å². The van der Waals surface area contributed by atoms with E-state index in [9.17, 15) is 4.79 Å². The van der Waals surface area contributed by atoms with Crippen LogP contribution in [0.4, 0.5) is 0 Å². The number of hydrogen-bond donors (Lipinski definition) is 1. The van der Waals surface area contributed by atoms with E-state index in [1.165, 1.54) is 7.11 Å². The van der Waals surface area contributed by atoms with Gasteiger partial charge in [-0.1, -0.05) is 23.7 Å². The maximum absolute atomic E-state index is 11.9. The highest BCUT2D eigenvalue weighted by molar-refractivity contribution is 6.34. The van der Waals surface area contributed by atoms with Crippen LogP contribution < -0.4 is 5.32 Å². The van der Waals surface area contributed by atoms with Crippen LogP contribution in [0.15, 0.2) is 29.3 Å². The van der Waals surface area contributed by atoms with Gasteiger partial charge < -0.3 is 9.47 Å². The highest BCUT2D eigenvalue weighted by Gasteiger charge is 2.11. The minimum atomic E-state index is -0.362. The number of nitrogens with zero attached hydrogens (tertiary/aromatic N) is 1. The summed E-state index contributed by atoms with van der Waals surface area (Å²) in [5.74, 6) is -0.362. The number of carbonyl (C=O) groups excluding carboxylic acids is 1. The Bertz CT molecular complexity index is 435. The van der Waals surface area contributed by atoms with Crippen LogP contribution in [0, 0.1) is 0 Å². The molecule has 0 aliphatic rings. The second-order valence-corrected chi connectivity index (χ2v) is 3.72. The maximum Gasteiger partial charge on any atom is 0.291 e. The first-order valence-corrected chi connectivity index (χ1v) is 5.70. The van der Waals surface area contributed by atoms with Crippen LogP contribution in [0.25, 0.3) is 0 Å². The van der Waals surface area contributed by atoms with Gasteiger partial charge in [-0.05, 0) is 12.1 Å². The zero-order valence-corrected chi connectivity index (χ0v) is 11.0. The van der Waals surface area contributed by atoms with E-state index in [2.05, 4.69) is 10.3 Å². The molecule has 98 valence electrons. The van der Waals surface area contributed by atoms with Gasteiger partial charge in [-0.15, -0.1) is 0 Å². The molecule has 0 unspecified atom stereocenters. The monoisotopic (exact) mass is 270 g/mol. The molecule has 0 bridgehead atoms. The maximum atomic E-state index is 11.9. The largest absolute Gasteiger partial charge is 0.468 e. The van der Waals surface area contributed by atoms with Gasteiger partial charge in [-0.2, -0.15) is 0 Å². The molecule has 0 saturated carbocycles. The number of aliphatic imine (C=N–C) groups is 1. The van der Waals surface area contributed by atoms with Gasteiger partial charge in [0, 0.05) is 7.11 Å². The normalized spacial score (nSPS) is 11.2. The van der Waals surface area contributed by atoms with Crippen molar-refractivity contribution >= 4 is 23.5 Å². The van der Waals surface area contributed by atoms with Gasteiger partial charge in [-0.3, -0.25) is 10.1 Å². The second kappa shape index (κ2) is 7.68. The summed E-state index contributed by atoms with van der Waals surface area (Å²) in [4.78, 5) is 15.9. The van der Waals surface area contributed by atoms with Crippen molar-refractivity contribution < 1.29 is 14.3 Å². The number of carbonyl (C=O) groups is 1. The Labute approximate surface area is 111 Å². The van der Waals surface area contributed by atoms with Crippen LogP contribution in [0.3, 0.4) is 0 Å². The summed E-state index contributed by atoms with van der Waals surface area (Å²) in [6.07, 6.45) is 0. The summed E-state index contributed by atoms with van der Waals surface area (Å²) in [6.45, 7) is 0.858. The number of hydrogen-bond acceptors (Lipinski definition) is 4. The highest BCUT2D eigenvalue weighted by atomic mass is 35.5. The molecule has 0 fully saturated rings. The minimum Gasteiger partial charge on any atom is -0.468 e. The fourth-order valence-electron chi connectivity index (χ4n) is 1.20. The van der Waals surface area contributed by atoms with Crippen LogP contribution >= 0.6 is 11.6 Å². The molecule has 1 amide bonds. The van der Waals surface area contributed by atoms with E-state index in [-0.39, 0.29) is 11.9 Å². The zero-order chi connectivity index (χ0) is 13.4. The number of rotatable bonds is 4. The first-order valence-electron chi connectivity index (χ1n) is 5.32. The molecule has 0 aromatic heterocycles. The first-order chi connectivity index (χ1) is 8.69. The molecule has 0 aliphatic heterocycles. The van der Waals surface area contributed by atoms with E-state index in [4.69, 9.17) is 21.1 Å². The van der Waals surface area contributed by atoms with E-state index in [0.29, 0.717) is 23.7 Å². The average molecular weight is 271 g/mol. The number of methoxy groups -OCH3 is 2. The molecule has 0 heterocycles. The number of amides is 1. The Morgan fingerprint density at radius 1 is 1.39 bits per heavy atom. The summed E-state index contributed by atoms with van der Waals surface area (Å²) in [5, 5.41) is 2.91. The summed E-state index contributed by atoms with van der Waals surface area (Å²) in [6, 6.07) is 6.89. The van der Waals surface area contributed by atoms with E-state index in [0.717, 1.165) is 0 Å². The number of ether oxygens (including phenoxy) is 2. The first kappa shape index (κ1) is 14.5. The Morgan fingerprint density at radius 3 is 2.72 bits per heavy atom. The lowest BCUT2D eigenvalue weighted by molar-refractivity contribution is 0.0968. The van der Waals surface area contributed by atoms with Gasteiger partial charge in [-0.25, -0.2) is 4.99 Å². The molecule has 0 spiro atoms. The molecule has 5 nitrogen and oxygen atoms in total. The third-order valence-electron chi connectivity index (χ3n) is 2.08. The van der Waals surface area contributed by atoms with Crippen molar-refractivity contribution in [2.45, 2.75) is 0 Å². The molecular weight excluding hydrogens is 256 g/mol. The third-order valence-corrected chi connectivity index (χ3v) is 2.41. The van der Waals surface area contributed by atoms with E-state index < -0.39 is 0 Å². The lowest BCUT2D eigenvalue weighted by Crippen LogP contribution is -2.32. The molecule has 0 saturated heterocycles. The predicted octanol–water partition coefficient (Wildman–Crippen LogP) is 1.72. The van der Waals surface area contributed by atoms with Gasteiger partial charge in [0.15, 0.2) is 0 Å². The Kier molecular flexibility index (Phi) is 6.18. The molecule has 6 heteroatoms. The van der Waals surface area contributed by atoms with Gasteiger partial charge >= 0.3 is 0 Å². The highest BCUT2D eigenvalue weighted by Crippen LogP contribution is 2.14. The van der Waals surface area contributed by atoms with Gasteiger partial charge in [0.1, 0.15) is 0 Å². The molecule has 1 rings (SSSR count). The Balaban J connectivity index is 2.68. The smallest absolute Gasteiger partial charge is 0.291 e. The molecule has 1 aromatic carbocycles. The van der Waals surface area contributed by atoms with Gasteiger partial charge in [0.25, 0.3) is 11.9 Å². The summed E-state index contributed by atoms with van der Waals surface area (Å²) in [5.41, 5.74) is 0.371. The topological polar surface area (TPSA) is 59.9 Å². The van der Waals surface area contributed by atoms with Crippen LogP contribution in [-0.2, 0) is 9.47 Å². The molecule has 1 aromatic rings. The van der Waals surface area contributed by atoms with Gasteiger partial charge in [0.2, 0.25) is 0 Å². The average Bonchev–Trinajstić information content (AvgIpc) is 2.38. The number of amidine groups is 1. The SMILES string of the molecule is COCCN=C(NC(=O)c1ccccc1Cl)OC. The Morgan fingerprint density at radius 2 is 2.11 bits per heavy atom. The van der Waals surface area contributed by atoms with Crippen molar-refractivity contribution in [3.63, 3.8) is 0 Å². The third kappa shape index (κ3) is 4.35. The van der Waals surface area contributed by atoms with Crippen molar-refractivity contribution in [1.82, 2.24) is 5.32 Å². The van der Waals surface area contributed by atoms with Crippen molar-refractivity contribution in [3.05, 3.63) is 34.9 Å². The van der Waals surface area contributed by atoms with E-state index in [1.807, 2.05) is 0 Å². The van der Waals surface area contributed by atoms with E-state index >= 15 is 0 Å². The zero-order valence-electron chi connectivity index (χ0n) is 10.3. The number of halogens is 1. The molecule has 18 heavy (non-hydrogen) atoms. The predicted molar refractivity (Wildman–Crippen MR) is 70.1 cm³/mol. The quantitative estimate of drug-likeness (QED) is 0.515. The lowest BCUT2D eigenvalue weighted by atomic mass is 10.2. The van der Waals surface area contributed by atoms with Crippen molar-refractivity contribution in [3.8, 4) is 0 Å². The summed E-state index contributed by atoms with van der Waals surface area (Å²) < 4.78 is 9.80. The van der Waals surface area contributed by atoms with Crippen LogP contribution in [0.2, 0.25) is 5.02 Å². The van der Waals surface area contributed by atoms with Crippen molar-refractivity contribution in [1.29, 1.82) is 0 Å². The van der Waals surface area contributed by atoms with Crippen molar-refractivity contribution in [2.75, 3.05) is 27.4 Å². The molecule has 0 aliphatic carbocycles. The minimum absolute atomic E-state index is 0.136. The van der Waals surface area contributed by atoms with Crippen LogP contribution in [0.1, 0.15) is 10.4 Å². The molecule has 0 radical (unpaired) electrons. The molecule has 1 N–H and O–H groups in total. The fraction of sp³-hybridized carbons (Fsp3) is 0.333. The second-order valence-electron chi connectivity index (χ2n) is 3.32. The lowest BCUT2D eigenvalue weighted by Gasteiger charge is -2.08. The van der Waals surface area contributed by atoms with Crippen LogP contribution in [0.5, 0.6) is 0 Å². The Hall–Kier alpha value is -1.59. The summed E-state index contributed by atoms with van der Waals surface area (Å²) >= 11 is 5.91. The standard InChI is InChI=1S/C12H15ClN2O3/c1-17-8-7-14-12(18-2)15-11(16)9-5-3-4-6-10(9)13/h3-6H,7-8H2,1-2H3,(H,14,15,16). The summed E-state index contributed by atoms with van der Waals surface area (Å²) in [7, 11) is 3.00. The van der Waals surface area contributed by atoms with E-state index in [1.54, 1.807) is 31.4 Å².